The van der Waals surface area contributed by atoms with Crippen molar-refractivity contribution >= 4 is 22.6 Å². The van der Waals surface area contributed by atoms with E-state index in [1.165, 1.54) is 6.33 Å². The summed E-state index contributed by atoms with van der Waals surface area (Å²) in [6.07, 6.45) is 6.88. The topological polar surface area (TPSA) is 43.6 Å². The zero-order valence-corrected chi connectivity index (χ0v) is 8.21. The highest BCUT2D eigenvalue weighted by molar-refractivity contribution is 14.1. The first-order valence-corrected chi connectivity index (χ1v) is 4.41. The number of hydrogen-bond donors (Lipinski definition) is 0. The van der Waals surface area contributed by atoms with Crippen molar-refractivity contribution in [3.8, 4) is 5.82 Å². The van der Waals surface area contributed by atoms with Crippen LogP contribution in [0.3, 0.4) is 0 Å². The molecule has 0 spiro atoms. The molecule has 2 heterocycles. The van der Waals surface area contributed by atoms with Gasteiger partial charge in [-0.05, 0) is 22.6 Å². The van der Waals surface area contributed by atoms with Crippen LogP contribution in [0.25, 0.3) is 5.82 Å². The minimum atomic E-state index is 0.785. The Hall–Kier alpha value is -0.980. The molecule has 4 nitrogen and oxygen atoms in total. The summed E-state index contributed by atoms with van der Waals surface area (Å²) in [5.41, 5.74) is 0. The molecular formula is C7H5IN4. The van der Waals surface area contributed by atoms with Crippen LogP contribution in [-0.4, -0.2) is 19.7 Å². The maximum Gasteiger partial charge on any atom is 0.156 e. The molecule has 0 aromatic carbocycles. The molecule has 5 heteroatoms. The van der Waals surface area contributed by atoms with Gasteiger partial charge in [-0.2, -0.15) is 5.10 Å². The van der Waals surface area contributed by atoms with Gasteiger partial charge in [0.2, 0.25) is 0 Å². The zero-order valence-electron chi connectivity index (χ0n) is 6.05. The van der Waals surface area contributed by atoms with Gasteiger partial charge in [0, 0.05) is 18.5 Å². The molecule has 0 amide bonds. The Morgan fingerprint density at radius 3 is 2.92 bits per heavy atom. The molecule has 0 radical (unpaired) electrons. The summed E-state index contributed by atoms with van der Waals surface area (Å²) < 4.78 is 2.80. The van der Waals surface area contributed by atoms with Crippen molar-refractivity contribution in [2.45, 2.75) is 0 Å². The van der Waals surface area contributed by atoms with E-state index in [2.05, 4.69) is 37.7 Å². The molecule has 12 heavy (non-hydrogen) atoms. The van der Waals surface area contributed by atoms with Crippen molar-refractivity contribution in [1.29, 1.82) is 0 Å². The standard InChI is InChI=1S/C7H5IN4/c8-6-3-11-12(4-6)7-1-2-9-5-10-7/h1-5H. The van der Waals surface area contributed by atoms with E-state index in [0.717, 1.165) is 9.39 Å². The molecule has 0 saturated heterocycles. The summed E-state index contributed by atoms with van der Waals surface area (Å²) in [4.78, 5) is 7.87. The highest BCUT2D eigenvalue weighted by Gasteiger charge is 1.97. The van der Waals surface area contributed by atoms with E-state index in [4.69, 9.17) is 0 Å². The summed E-state index contributed by atoms with van der Waals surface area (Å²) in [5, 5.41) is 4.10. The maximum atomic E-state index is 4.10. The van der Waals surface area contributed by atoms with Crippen LogP contribution >= 0.6 is 22.6 Å². The van der Waals surface area contributed by atoms with Crippen molar-refractivity contribution in [1.82, 2.24) is 19.7 Å². The lowest BCUT2D eigenvalue weighted by atomic mass is 10.6. The first-order valence-electron chi connectivity index (χ1n) is 3.33. The van der Waals surface area contributed by atoms with Gasteiger partial charge in [-0.25, -0.2) is 14.6 Å². The highest BCUT2D eigenvalue weighted by atomic mass is 127. The van der Waals surface area contributed by atoms with E-state index in [1.54, 1.807) is 17.1 Å². The molecule has 0 fully saturated rings. The average molecular weight is 272 g/mol. The predicted octanol–water partition coefficient (Wildman–Crippen LogP) is 1.27. The second-order valence-electron chi connectivity index (χ2n) is 2.17. The van der Waals surface area contributed by atoms with Gasteiger partial charge in [-0.3, -0.25) is 0 Å². The van der Waals surface area contributed by atoms with E-state index in [9.17, 15) is 0 Å². The second kappa shape index (κ2) is 3.18. The first-order chi connectivity index (χ1) is 5.86. The monoisotopic (exact) mass is 272 g/mol. The lowest BCUT2D eigenvalue weighted by Crippen LogP contribution is -1.96. The first kappa shape index (κ1) is 7.66. The number of halogens is 1. The van der Waals surface area contributed by atoms with Crippen LogP contribution in [0.15, 0.2) is 31.0 Å². The Bertz CT molecular complexity index is 370. The Kier molecular flexibility index (Phi) is 2.03. The van der Waals surface area contributed by atoms with E-state index in [1.807, 2.05) is 12.3 Å². The molecule has 2 aromatic rings. The molecule has 2 aromatic heterocycles. The fraction of sp³-hybridized carbons (Fsp3) is 0. The molecule has 0 atom stereocenters. The number of rotatable bonds is 1. The summed E-state index contributed by atoms with van der Waals surface area (Å²) in [7, 11) is 0. The van der Waals surface area contributed by atoms with Gasteiger partial charge in [0.05, 0.1) is 9.77 Å². The van der Waals surface area contributed by atoms with Gasteiger partial charge >= 0.3 is 0 Å². The number of nitrogens with zero attached hydrogens (tertiary/aromatic N) is 4. The van der Waals surface area contributed by atoms with Crippen LogP contribution in [0, 0.1) is 3.57 Å². The van der Waals surface area contributed by atoms with Crippen LogP contribution in [0.2, 0.25) is 0 Å². The van der Waals surface area contributed by atoms with Gasteiger partial charge in [0.25, 0.3) is 0 Å². The van der Waals surface area contributed by atoms with Crippen molar-refractivity contribution in [3.05, 3.63) is 34.6 Å². The Morgan fingerprint density at radius 2 is 2.33 bits per heavy atom. The van der Waals surface area contributed by atoms with Crippen molar-refractivity contribution < 1.29 is 0 Å². The minimum Gasteiger partial charge on any atom is -0.245 e. The highest BCUT2D eigenvalue weighted by Crippen LogP contribution is 2.05. The third-order valence-electron chi connectivity index (χ3n) is 1.35. The third-order valence-corrected chi connectivity index (χ3v) is 1.91. The zero-order chi connectivity index (χ0) is 8.39. The quantitative estimate of drug-likeness (QED) is 0.734. The molecular weight excluding hydrogens is 267 g/mol. The van der Waals surface area contributed by atoms with Crippen molar-refractivity contribution in [2.75, 3.05) is 0 Å². The van der Waals surface area contributed by atoms with Crippen molar-refractivity contribution in [3.63, 3.8) is 0 Å². The average Bonchev–Trinajstić information content (AvgIpc) is 2.54. The van der Waals surface area contributed by atoms with Crippen LogP contribution in [-0.2, 0) is 0 Å². The van der Waals surface area contributed by atoms with Gasteiger partial charge < -0.3 is 0 Å². The molecule has 0 aliphatic heterocycles. The lowest BCUT2D eigenvalue weighted by molar-refractivity contribution is 0.839. The normalized spacial score (nSPS) is 10.1. The minimum absolute atomic E-state index is 0.785. The third kappa shape index (κ3) is 1.45. The fourth-order valence-corrected chi connectivity index (χ4v) is 1.23. The van der Waals surface area contributed by atoms with Crippen LogP contribution in [0.4, 0.5) is 0 Å². The van der Waals surface area contributed by atoms with Crippen LogP contribution in [0.5, 0.6) is 0 Å². The summed E-state index contributed by atoms with van der Waals surface area (Å²) in [6, 6.07) is 1.81. The molecule has 0 aliphatic carbocycles. The van der Waals surface area contributed by atoms with E-state index in [0.29, 0.717) is 0 Å². The molecule has 60 valence electrons. The predicted molar refractivity (Wildman–Crippen MR) is 51.9 cm³/mol. The van der Waals surface area contributed by atoms with E-state index < -0.39 is 0 Å². The largest absolute Gasteiger partial charge is 0.245 e. The smallest absolute Gasteiger partial charge is 0.156 e. The molecule has 0 aliphatic rings. The van der Waals surface area contributed by atoms with Gasteiger partial charge in [-0.1, -0.05) is 0 Å². The second-order valence-corrected chi connectivity index (χ2v) is 3.42. The summed E-state index contributed by atoms with van der Waals surface area (Å²) in [5.74, 6) is 0.785. The Morgan fingerprint density at radius 1 is 1.42 bits per heavy atom. The van der Waals surface area contributed by atoms with Gasteiger partial charge in [0.1, 0.15) is 6.33 Å². The molecule has 0 unspecified atom stereocenters. The lowest BCUT2D eigenvalue weighted by Gasteiger charge is -1.96. The maximum absolute atomic E-state index is 4.10. The fourth-order valence-electron chi connectivity index (χ4n) is 0.845. The van der Waals surface area contributed by atoms with Gasteiger partial charge in [-0.15, -0.1) is 0 Å². The molecule has 0 bridgehead atoms. The summed E-state index contributed by atoms with van der Waals surface area (Å²) in [6.45, 7) is 0. The summed E-state index contributed by atoms with van der Waals surface area (Å²) >= 11 is 2.20. The number of hydrogen-bond acceptors (Lipinski definition) is 3. The van der Waals surface area contributed by atoms with Crippen LogP contribution < -0.4 is 0 Å². The Labute approximate surface area is 82.8 Å². The van der Waals surface area contributed by atoms with Gasteiger partial charge in [0.15, 0.2) is 5.82 Å². The molecule has 0 N–H and O–H groups in total. The van der Waals surface area contributed by atoms with Crippen LogP contribution in [0.1, 0.15) is 0 Å². The van der Waals surface area contributed by atoms with E-state index >= 15 is 0 Å². The SMILES string of the molecule is Ic1cnn(-c2ccncn2)c1. The number of aromatic nitrogens is 4. The molecule has 0 saturated carbocycles. The van der Waals surface area contributed by atoms with Crippen molar-refractivity contribution in [2.24, 2.45) is 0 Å². The molecule has 2 rings (SSSR count). The Balaban J connectivity index is 2.45. The van der Waals surface area contributed by atoms with E-state index in [-0.39, 0.29) is 0 Å².